The third-order valence-electron chi connectivity index (χ3n) is 5.28. The van der Waals surface area contributed by atoms with Gasteiger partial charge in [0.05, 0.1) is 24.9 Å². The Morgan fingerprint density at radius 3 is 2.89 bits per heavy atom. The quantitative estimate of drug-likeness (QED) is 0.565. The van der Waals surface area contributed by atoms with Crippen LogP contribution in [-0.4, -0.2) is 46.0 Å². The number of pyridine rings is 2. The van der Waals surface area contributed by atoms with E-state index in [0.29, 0.717) is 6.61 Å². The van der Waals surface area contributed by atoms with Crippen molar-refractivity contribution in [1.82, 2.24) is 20.2 Å². The number of ether oxygens (including phenoxy) is 1. The zero-order chi connectivity index (χ0) is 19.1. The summed E-state index contributed by atoms with van der Waals surface area (Å²) < 4.78 is 5.63. The van der Waals surface area contributed by atoms with Gasteiger partial charge in [0.1, 0.15) is 17.0 Å². The molecule has 0 spiro atoms. The Kier molecular flexibility index (Phi) is 4.33. The number of hydrogen-bond acceptors (Lipinski definition) is 6. The number of aromatic amines is 1. The van der Waals surface area contributed by atoms with Gasteiger partial charge in [-0.25, -0.2) is 4.98 Å². The van der Waals surface area contributed by atoms with Crippen molar-refractivity contribution in [2.45, 2.75) is 19.9 Å². The molecule has 1 aliphatic heterocycles. The Hall–Kier alpha value is -2.77. The van der Waals surface area contributed by atoms with E-state index < -0.39 is 0 Å². The first-order valence-corrected chi connectivity index (χ1v) is 10.3. The Morgan fingerprint density at radius 1 is 1.21 bits per heavy atom. The number of aryl methyl sites for hydroxylation is 1. The normalized spacial score (nSPS) is 17.4. The first kappa shape index (κ1) is 17.3. The van der Waals surface area contributed by atoms with Crippen molar-refractivity contribution in [3.63, 3.8) is 0 Å². The molecule has 0 amide bonds. The summed E-state index contributed by atoms with van der Waals surface area (Å²) >= 11 is 1.77. The molecule has 1 fully saturated rings. The van der Waals surface area contributed by atoms with Crippen LogP contribution in [0.3, 0.4) is 0 Å². The van der Waals surface area contributed by atoms with Gasteiger partial charge in [-0.1, -0.05) is 0 Å². The van der Waals surface area contributed by atoms with E-state index >= 15 is 0 Å². The molecular weight excluding hydrogens is 370 g/mol. The lowest BCUT2D eigenvalue weighted by molar-refractivity contribution is 0.0986. The number of morpholine rings is 1. The summed E-state index contributed by atoms with van der Waals surface area (Å²) in [5.74, 6) is 0.970. The van der Waals surface area contributed by atoms with Gasteiger partial charge >= 0.3 is 0 Å². The molecule has 1 atom stereocenters. The molecule has 4 aromatic heterocycles. The van der Waals surface area contributed by atoms with Crippen LogP contribution < -0.4 is 4.90 Å². The summed E-state index contributed by atoms with van der Waals surface area (Å²) in [5.41, 5.74) is 5.04. The molecule has 0 aliphatic carbocycles. The number of nitrogens with zero attached hydrogens (tertiary/aromatic N) is 4. The van der Waals surface area contributed by atoms with Crippen molar-refractivity contribution in [1.29, 1.82) is 0 Å². The fourth-order valence-electron chi connectivity index (χ4n) is 3.82. The van der Waals surface area contributed by atoms with E-state index in [-0.39, 0.29) is 6.04 Å². The predicted molar refractivity (Wildman–Crippen MR) is 113 cm³/mol. The topological polar surface area (TPSA) is 66.9 Å². The number of thiophene rings is 1. The van der Waals surface area contributed by atoms with Crippen LogP contribution in [0.4, 0.5) is 5.82 Å². The van der Waals surface area contributed by atoms with Crippen molar-refractivity contribution in [3.8, 4) is 22.5 Å². The van der Waals surface area contributed by atoms with Crippen LogP contribution in [0.1, 0.15) is 11.8 Å². The molecule has 7 heteroatoms. The summed E-state index contributed by atoms with van der Waals surface area (Å²) in [6.07, 6.45) is 3.59. The maximum atomic E-state index is 5.63. The zero-order valence-corrected chi connectivity index (χ0v) is 16.7. The molecule has 1 N–H and O–H groups in total. The average Bonchev–Trinajstić information content (AvgIpc) is 3.39. The highest BCUT2D eigenvalue weighted by atomic mass is 32.1. The molecule has 28 heavy (non-hydrogen) atoms. The minimum atomic E-state index is 0.280. The average molecular weight is 392 g/mol. The SMILES string of the molecule is Cc1sccc1-c1cc(N2CCOCC2C)nc2c(-c3ccn[nH]3)nccc12. The van der Waals surface area contributed by atoms with E-state index in [9.17, 15) is 0 Å². The van der Waals surface area contributed by atoms with E-state index in [1.54, 1.807) is 17.5 Å². The third kappa shape index (κ3) is 2.87. The second-order valence-corrected chi connectivity index (χ2v) is 8.18. The number of H-pyrrole nitrogens is 1. The van der Waals surface area contributed by atoms with Gasteiger partial charge in [-0.05, 0) is 54.6 Å². The largest absolute Gasteiger partial charge is 0.377 e. The number of nitrogens with one attached hydrogen (secondary N) is 1. The standard InChI is InChI=1S/C21H21N5OS/c1-13-12-27-9-8-26(13)19-11-17(15-5-10-28-14(15)2)16-3-6-22-21(20(16)24-19)18-4-7-23-25-18/h3-7,10-11,13H,8-9,12H2,1-2H3,(H,23,25). The molecule has 0 saturated carbocycles. The summed E-state index contributed by atoms with van der Waals surface area (Å²) in [6.45, 7) is 6.62. The molecule has 1 saturated heterocycles. The van der Waals surface area contributed by atoms with Crippen molar-refractivity contribution >= 4 is 28.1 Å². The number of fused-ring (bicyclic) bond motifs is 1. The third-order valence-corrected chi connectivity index (χ3v) is 6.13. The first-order valence-electron chi connectivity index (χ1n) is 9.41. The Bertz CT molecular complexity index is 1120. The fraction of sp³-hybridized carbons (Fsp3) is 0.286. The van der Waals surface area contributed by atoms with Gasteiger partial charge in [0.25, 0.3) is 0 Å². The van der Waals surface area contributed by atoms with E-state index in [1.807, 2.05) is 12.3 Å². The molecule has 5 heterocycles. The van der Waals surface area contributed by atoms with Crippen LogP contribution in [0.5, 0.6) is 0 Å². The molecule has 142 valence electrons. The monoisotopic (exact) mass is 391 g/mol. The van der Waals surface area contributed by atoms with E-state index in [0.717, 1.165) is 41.3 Å². The Balaban J connectivity index is 1.79. The molecule has 6 nitrogen and oxygen atoms in total. The van der Waals surface area contributed by atoms with E-state index in [1.165, 1.54) is 16.0 Å². The highest BCUT2D eigenvalue weighted by Crippen LogP contribution is 2.38. The van der Waals surface area contributed by atoms with Gasteiger partial charge in [0.15, 0.2) is 0 Å². The molecule has 0 radical (unpaired) electrons. The lowest BCUT2D eigenvalue weighted by atomic mass is 10.0. The summed E-state index contributed by atoms with van der Waals surface area (Å²) in [4.78, 5) is 13.3. The number of hydrogen-bond donors (Lipinski definition) is 1. The highest BCUT2D eigenvalue weighted by Gasteiger charge is 2.23. The van der Waals surface area contributed by atoms with Crippen molar-refractivity contribution in [2.24, 2.45) is 0 Å². The summed E-state index contributed by atoms with van der Waals surface area (Å²) in [7, 11) is 0. The van der Waals surface area contributed by atoms with Gasteiger partial charge in [0.2, 0.25) is 0 Å². The minimum absolute atomic E-state index is 0.280. The number of anilines is 1. The Labute approximate surface area is 167 Å². The van der Waals surface area contributed by atoms with Gasteiger partial charge in [0, 0.05) is 29.2 Å². The maximum Gasteiger partial charge on any atom is 0.130 e. The van der Waals surface area contributed by atoms with Gasteiger partial charge in [-0.3, -0.25) is 10.1 Å². The second-order valence-electron chi connectivity index (χ2n) is 7.06. The predicted octanol–water partition coefficient (Wildman–Crippen LogP) is 4.28. The lowest BCUT2D eigenvalue weighted by Gasteiger charge is -2.34. The van der Waals surface area contributed by atoms with Crippen LogP contribution in [0, 0.1) is 6.92 Å². The molecule has 0 aromatic carbocycles. The highest BCUT2D eigenvalue weighted by molar-refractivity contribution is 7.10. The maximum absolute atomic E-state index is 5.63. The molecule has 1 unspecified atom stereocenters. The molecule has 5 rings (SSSR count). The Morgan fingerprint density at radius 2 is 2.14 bits per heavy atom. The van der Waals surface area contributed by atoms with Crippen LogP contribution >= 0.6 is 11.3 Å². The van der Waals surface area contributed by atoms with Crippen molar-refractivity contribution in [2.75, 3.05) is 24.7 Å². The van der Waals surface area contributed by atoms with Crippen LogP contribution in [-0.2, 0) is 4.74 Å². The zero-order valence-electron chi connectivity index (χ0n) is 15.8. The van der Waals surface area contributed by atoms with E-state index in [2.05, 4.69) is 57.5 Å². The van der Waals surface area contributed by atoms with E-state index in [4.69, 9.17) is 9.72 Å². The van der Waals surface area contributed by atoms with Crippen LogP contribution in [0.15, 0.2) is 42.0 Å². The van der Waals surface area contributed by atoms with Gasteiger partial charge in [-0.2, -0.15) is 5.10 Å². The van der Waals surface area contributed by atoms with Gasteiger partial charge < -0.3 is 9.64 Å². The summed E-state index contributed by atoms with van der Waals surface area (Å²) in [6, 6.07) is 8.68. The molecular formula is C21H21N5OS. The minimum Gasteiger partial charge on any atom is -0.377 e. The molecule has 1 aliphatic rings. The van der Waals surface area contributed by atoms with Crippen LogP contribution in [0.2, 0.25) is 0 Å². The number of aromatic nitrogens is 4. The summed E-state index contributed by atoms with van der Waals surface area (Å²) in [5, 5.41) is 10.4. The number of rotatable bonds is 3. The first-order chi connectivity index (χ1) is 13.7. The van der Waals surface area contributed by atoms with Crippen LogP contribution in [0.25, 0.3) is 33.4 Å². The second kappa shape index (κ2) is 7.00. The smallest absolute Gasteiger partial charge is 0.130 e. The molecule has 0 bridgehead atoms. The van der Waals surface area contributed by atoms with Gasteiger partial charge in [-0.15, -0.1) is 11.3 Å². The molecule has 4 aromatic rings. The van der Waals surface area contributed by atoms with Crippen molar-refractivity contribution < 1.29 is 4.74 Å². The fourth-order valence-corrected chi connectivity index (χ4v) is 4.54. The lowest BCUT2D eigenvalue weighted by Crippen LogP contribution is -2.44. The van der Waals surface area contributed by atoms with Crippen molar-refractivity contribution in [3.05, 3.63) is 46.9 Å².